The van der Waals surface area contributed by atoms with E-state index in [1.54, 1.807) is 5.82 Å². The molecule has 1 aromatic heterocycles. The monoisotopic (exact) mass is 475 g/mol. The lowest BCUT2D eigenvalue weighted by atomic mass is 10.0. The van der Waals surface area contributed by atoms with Crippen LogP contribution in [0.5, 0.6) is 0 Å². The highest BCUT2D eigenvalue weighted by atomic mass is 15.1. The summed E-state index contributed by atoms with van der Waals surface area (Å²) in [5.41, 5.74) is 0. The van der Waals surface area contributed by atoms with Crippen LogP contribution < -0.4 is 4.57 Å². The van der Waals surface area contributed by atoms with Crippen molar-refractivity contribution in [1.82, 2.24) is 4.57 Å². The molecule has 0 spiro atoms. The van der Waals surface area contributed by atoms with Crippen molar-refractivity contribution in [2.75, 3.05) is 0 Å². The fraction of sp³-hybridized carbons (Fsp3) is 0.906. The van der Waals surface area contributed by atoms with Gasteiger partial charge in [-0.05, 0) is 25.7 Å². The molecule has 1 heterocycles. The molecule has 0 aliphatic rings. The number of unbranched alkanes of at least 4 members (excludes halogenated alkanes) is 20. The van der Waals surface area contributed by atoms with Gasteiger partial charge in [0.1, 0.15) is 12.4 Å². The number of nitrogens with zero attached hydrogens (tertiary/aromatic N) is 2. The quantitative estimate of drug-likeness (QED) is 0.0930. The van der Waals surface area contributed by atoms with Crippen LogP contribution in [0.25, 0.3) is 0 Å². The molecule has 0 fully saturated rings. The van der Waals surface area contributed by atoms with Gasteiger partial charge in [0.05, 0.1) is 13.1 Å². The van der Waals surface area contributed by atoms with Crippen LogP contribution in [0, 0.1) is 0 Å². The Hall–Kier alpha value is -0.790. The lowest BCUT2D eigenvalue weighted by molar-refractivity contribution is -0.704. The van der Waals surface area contributed by atoms with Crippen LogP contribution in [0.15, 0.2) is 12.4 Å². The highest BCUT2D eigenvalue weighted by Crippen LogP contribution is 2.14. The van der Waals surface area contributed by atoms with Crippen molar-refractivity contribution in [3.8, 4) is 0 Å². The summed E-state index contributed by atoms with van der Waals surface area (Å²) < 4.78 is 5.13. The number of aryl methyl sites for hydroxylation is 2. The summed E-state index contributed by atoms with van der Waals surface area (Å²) in [7, 11) is 0. The van der Waals surface area contributed by atoms with E-state index < -0.39 is 0 Å². The van der Waals surface area contributed by atoms with E-state index in [1.807, 2.05) is 0 Å². The van der Waals surface area contributed by atoms with Crippen LogP contribution in [-0.2, 0) is 19.5 Å². The molecule has 200 valence electrons. The largest absolute Gasteiger partial charge is 0.256 e. The average Bonchev–Trinajstić information content (AvgIpc) is 3.23. The topological polar surface area (TPSA) is 8.81 Å². The van der Waals surface area contributed by atoms with E-state index in [4.69, 9.17) is 0 Å². The number of rotatable bonds is 26. The summed E-state index contributed by atoms with van der Waals surface area (Å²) in [5.74, 6) is 1.59. The predicted octanol–water partition coefficient (Wildman–Crippen LogP) is 10.4. The second kappa shape index (κ2) is 23.9. The third-order valence-electron chi connectivity index (χ3n) is 7.60. The van der Waals surface area contributed by atoms with Gasteiger partial charge in [0.25, 0.3) is 5.82 Å². The van der Waals surface area contributed by atoms with E-state index in [0.717, 1.165) is 0 Å². The molecule has 1 aromatic rings. The van der Waals surface area contributed by atoms with Crippen LogP contribution >= 0.6 is 0 Å². The first-order valence-electron chi connectivity index (χ1n) is 15.9. The minimum absolute atomic E-state index is 1.20. The summed E-state index contributed by atoms with van der Waals surface area (Å²) in [6, 6.07) is 0. The van der Waals surface area contributed by atoms with Gasteiger partial charge in [-0.15, -0.1) is 0 Å². The standard InChI is InChI=1S/C32H63N2/c1-4-7-10-12-13-14-15-16-17-18-19-20-21-22-23-25-27-32-33(28-9-6-3)30-31-34(32)29-26-24-11-8-5-2/h30-31H,4-29H2,1-3H3/q+1. The van der Waals surface area contributed by atoms with Crippen LogP contribution in [0.1, 0.15) is 174 Å². The van der Waals surface area contributed by atoms with Gasteiger partial charge in [0, 0.05) is 6.42 Å². The second-order valence-corrected chi connectivity index (χ2v) is 10.9. The maximum absolute atomic E-state index is 2.58. The number of imidazole rings is 1. The lowest BCUT2D eigenvalue weighted by Gasteiger charge is -2.06. The van der Waals surface area contributed by atoms with E-state index in [-0.39, 0.29) is 0 Å². The molecule has 0 unspecified atom stereocenters. The normalized spacial score (nSPS) is 11.5. The maximum atomic E-state index is 2.58. The fourth-order valence-corrected chi connectivity index (χ4v) is 5.24. The number of aromatic nitrogens is 2. The average molecular weight is 476 g/mol. The molecule has 0 saturated carbocycles. The van der Waals surface area contributed by atoms with Crippen LogP contribution in [0.2, 0.25) is 0 Å². The Morgan fingerprint density at radius 1 is 0.500 bits per heavy atom. The minimum Gasteiger partial charge on any atom is -0.234 e. The lowest BCUT2D eigenvalue weighted by Crippen LogP contribution is -2.37. The Balaban J connectivity index is 2.07. The summed E-state index contributed by atoms with van der Waals surface area (Å²) in [6.07, 6.45) is 38.6. The summed E-state index contributed by atoms with van der Waals surface area (Å²) >= 11 is 0. The first kappa shape index (κ1) is 31.2. The molecule has 0 amide bonds. The molecule has 0 atom stereocenters. The van der Waals surface area contributed by atoms with Gasteiger partial charge in [0.15, 0.2) is 0 Å². The second-order valence-electron chi connectivity index (χ2n) is 10.9. The van der Waals surface area contributed by atoms with Gasteiger partial charge in [-0.2, -0.15) is 0 Å². The molecule has 0 bridgehead atoms. The van der Waals surface area contributed by atoms with E-state index in [0.29, 0.717) is 0 Å². The molecule has 0 aliphatic heterocycles. The molecule has 0 saturated heterocycles. The minimum atomic E-state index is 1.20. The van der Waals surface area contributed by atoms with Gasteiger partial charge in [-0.25, -0.2) is 9.13 Å². The van der Waals surface area contributed by atoms with Crippen molar-refractivity contribution < 1.29 is 4.57 Å². The van der Waals surface area contributed by atoms with Crippen molar-refractivity contribution in [1.29, 1.82) is 0 Å². The molecule has 0 aromatic carbocycles. The van der Waals surface area contributed by atoms with Gasteiger partial charge in [0.2, 0.25) is 0 Å². The Kier molecular flexibility index (Phi) is 22.0. The molecule has 0 aliphatic carbocycles. The number of hydrogen-bond acceptors (Lipinski definition) is 0. The van der Waals surface area contributed by atoms with Crippen molar-refractivity contribution in [2.45, 2.75) is 188 Å². The highest BCUT2D eigenvalue weighted by molar-refractivity contribution is 4.84. The molecule has 1 rings (SSSR count). The molecular weight excluding hydrogens is 412 g/mol. The van der Waals surface area contributed by atoms with E-state index >= 15 is 0 Å². The molecule has 34 heavy (non-hydrogen) atoms. The Labute approximate surface area is 215 Å². The SMILES string of the molecule is CCCCCCCCCCCCCCCCCCc1n(CCCC)cc[n+]1CCCCCCC. The van der Waals surface area contributed by atoms with E-state index in [1.165, 1.54) is 167 Å². The van der Waals surface area contributed by atoms with Crippen molar-refractivity contribution >= 4 is 0 Å². The number of hydrogen-bond donors (Lipinski definition) is 0. The van der Waals surface area contributed by atoms with Crippen molar-refractivity contribution in [3.05, 3.63) is 18.2 Å². The summed E-state index contributed by atoms with van der Waals surface area (Å²) in [5, 5.41) is 0. The van der Waals surface area contributed by atoms with Gasteiger partial charge in [-0.1, -0.05) is 143 Å². The molecule has 0 N–H and O–H groups in total. The van der Waals surface area contributed by atoms with E-state index in [2.05, 4.69) is 42.3 Å². The smallest absolute Gasteiger partial charge is 0.234 e. The third-order valence-corrected chi connectivity index (χ3v) is 7.60. The summed E-state index contributed by atoms with van der Waals surface area (Å²) in [4.78, 5) is 0. The van der Waals surface area contributed by atoms with Crippen LogP contribution in [-0.4, -0.2) is 4.57 Å². The first-order chi connectivity index (χ1) is 16.8. The zero-order valence-electron chi connectivity index (χ0n) is 23.9. The molecular formula is C32H63N2+. The van der Waals surface area contributed by atoms with Crippen molar-refractivity contribution in [3.63, 3.8) is 0 Å². The molecule has 2 nitrogen and oxygen atoms in total. The van der Waals surface area contributed by atoms with Gasteiger partial charge in [-0.3, -0.25) is 0 Å². The molecule has 2 heteroatoms. The maximum Gasteiger partial charge on any atom is 0.256 e. The Morgan fingerprint density at radius 2 is 0.912 bits per heavy atom. The van der Waals surface area contributed by atoms with Crippen molar-refractivity contribution in [2.24, 2.45) is 0 Å². The molecule has 0 radical (unpaired) electrons. The van der Waals surface area contributed by atoms with Crippen LogP contribution in [0.3, 0.4) is 0 Å². The first-order valence-corrected chi connectivity index (χ1v) is 15.9. The van der Waals surface area contributed by atoms with Gasteiger partial charge >= 0.3 is 0 Å². The highest BCUT2D eigenvalue weighted by Gasteiger charge is 2.16. The Bertz CT molecular complexity index is 533. The zero-order valence-corrected chi connectivity index (χ0v) is 23.9. The zero-order chi connectivity index (χ0) is 24.5. The fourth-order valence-electron chi connectivity index (χ4n) is 5.24. The van der Waals surface area contributed by atoms with E-state index in [9.17, 15) is 0 Å². The summed E-state index contributed by atoms with van der Waals surface area (Å²) in [6.45, 7) is 9.34. The van der Waals surface area contributed by atoms with Crippen LogP contribution in [0.4, 0.5) is 0 Å². The van der Waals surface area contributed by atoms with Gasteiger partial charge < -0.3 is 0 Å². The Morgan fingerprint density at radius 3 is 1.38 bits per heavy atom. The predicted molar refractivity (Wildman–Crippen MR) is 152 cm³/mol. The third kappa shape index (κ3) is 16.8.